The van der Waals surface area contributed by atoms with Crippen molar-refractivity contribution < 1.29 is 22.8 Å². The molecule has 2 rings (SSSR count). The molecule has 0 aromatic carbocycles. The van der Waals surface area contributed by atoms with E-state index < -0.39 is 23.3 Å². The summed E-state index contributed by atoms with van der Waals surface area (Å²) in [6.45, 7) is 3.95. The van der Waals surface area contributed by atoms with E-state index in [1.54, 1.807) is 4.90 Å². The number of hydrogen-bond acceptors (Lipinski definition) is 3. The third-order valence-corrected chi connectivity index (χ3v) is 3.48. The number of carbonyl (C=O) groups is 2. The molecule has 0 aliphatic carbocycles. The minimum Gasteiger partial charge on any atom is -0.337 e. The van der Waals surface area contributed by atoms with Gasteiger partial charge in [0, 0.05) is 25.3 Å². The zero-order chi connectivity index (χ0) is 16.5. The van der Waals surface area contributed by atoms with Crippen molar-refractivity contribution in [3.05, 3.63) is 29.6 Å². The van der Waals surface area contributed by atoms with Crippen LogP contribution in [0.25, 0.3) is 0 Å². The molecule has 0 bridgehead atoms. The van der Waals surface area contributed by atoms with Crippen molar-refractivity contribution in [3.8, 4) is 0 Å². The van der Waals surface area contributed by atoms with Crippen LogP contribution in [0, 0.1) is 0 Å². The molecule has 0 N–H and O–H groups in total. The van der Waals surface area contributed by atoms with Crippen molar-refractivity contribution in [1.29, 1.82) is 0 Å². The zero-order valence-corrected chi connectivity index (χ0v) is 12.2. The van der Waals surface area contributed by atoms with Gasteiger partial charge in [0.15, 0.2) is 0 Å². The molecule has 1 saturated heterocycles. The highest BCUT2D eigenvalue weighted by Gasteiger charge is 2.38. The maximum absolute atomic E-state index is 12.9. The van der Waals surface area contributed by atoms with E-state index in [-0.39, 0.29) is 25.0 Å². The maximum Gasteiger partial charge on any atom is 0.418 e. The Morgan fingerprint density at radius 1 is 1.32 bits per heavy atom. The van der Waals surface area contributed by atoms with Gasteiger partial charge in [0.2, 0.25) is 5.91 Å². The number of aromatic nitrogens is 1. The fourth-order valence-corrected chi connectivity index (χ4v) is 2.36. The van der Waals surface area contributed by atoms with E-state index in [0.717, 1.165) is 23.2 Å². The van der Waals surface area contributed by atoms with Crippen LogP contribution >= 0.6 is 0 Å². The molecule has 1 aromatic heterocycles. The van der Waals surface area contributed by atoms with E-state index in [1.165, 1.54) is 0 Å². The second kappa shape index (κ2) is 5.94. The Hall–Kier alpha value is -2.12. The molecule has 2 heterocycles. The van der Waals surface area contributed by atoms with E-state index in [1.807, 2.05) is 13.8 Å². The number of nitrogens with zero attached hydrogens (tertiary/aromatic N) is 3. The number of rotatable bonds is 2. The van der Waals surface area contributed by atoms with Gasteiger partial charge in [0.05, 0.1) is 5.56 Å². The van der Waals surface area contributed by atoms with Crippen molar-refractivity contribution in [2.75, 3.05) is 19.6 Å². The quantitative estimate of drug-likeness (QED) is 0.836. The highest BCUT2D eigenvalue weighted by atomic mass is 19.4. The predicted molar refractivity (Wildman–Crippen MR) is 72.0 cm³/mol. The van der Waals surface area contributed by atoms with Crippen LogP contribution in [0.2, 0.25) is 0 Å². The fourth-order valence-electron chi connectivity index (χ4n) is 2.36. The van der Waals surface area contributed by atoms with E-state index in [4.69, 9.17) is 0 Å². The molecular formula is C14H16F3N3O2. The predicted octanol–water partition coefficient (Wildman–Crippen LogP) is 1.79. The van der Waals surface area contributed by atoms with Crippen molar-refractivity contribution in [1.82, 2.24) is 14.8 Å². The lowest BCUT2D eigenvalue weighted by molar-refractivity contribution is -0.138. The molecule has 5 nitrogen and oxygen atoms in total. The molecule has 8 heteroatoms. The molecule has 1 aromatic rings. The van der Waals surface area contributed by atoms with Crippen molar-refractivity contribution in [3.63, 3.8) is 0 Å². The first kappa shape index (κ1) is 16.3. The molecular weight excluding hydrogens is 299 g/mol. The summed E-state index contributed by atoms with van der Waals surface area (Å²) < 4.78 is 38.8. The van der Waals surface area contributed by atoms with Gasteiger partial charge in [0.1, 0.15) is 12.2 Å². The first-order valence-electron chi connectivity index (χ1n) is 6.82. The number of piperazine rings is 1. The number of pyridine rings is 1. The third kappa shape index (κ3) is 3.20. The lowest BCUT2D eigenvalue weighted by atomic mass is 10.1. The summed E-state index contributed by atoms with van der Waals surface area (Å²) in [6, 6.07) is 1.93. The van der Waals surface area contributed by atoms with Gasteiger partial charge in [-0.05, 0) is 26.0 Å². The van der Waals surface area contributed by atoms with Crippen LogP contribution in [0.3, 0.4) is 0 Å². The van der Waals surface area contributed by atoms with Gasteiger partial charge < -0.3 is 9.80 Å². The molecule has 1 aliphatic rings. The Morgan fingerprint density at radius 2 is 2.00 bits per heavy atom. The largest absolute Gasteiger partial charge is 0.418 e. The Balaban J connectivity index is 2.22. The Labute approximate surface area is 125 Å². The molecule has 2 amide bonds. The molecule has 120 valence electrons. The lowest BCUT2D eigenvalue weighted by Crippen LogP contribution is -2.54. The second-order valence-corrected chi connectivity index (χ2v) is 5.30. The first-order chi connectivity index (χ1) is 10.2. The molecule has 0 spiro atoms. The summed E-state index contributed by atoms with van der Waals surface area (Å²) >= 11 is 0. The maximum atomic E-state index is 12.9. The highest BCUT2D eigenvalue weighted by molar-refractivity contribution is 5.96. The Morgan fingerprint density at radius 3 is 2.55 bits per heavy atom. The van der Waals surface area contributed by atoms with Crippen molar-refractivity contribution >= 4 is 11.8 Å². The van der Waals surface area contributed by atoms with Crippen LogP contribution in [-0.4, -0.2) is 52.3 Å². The summed E-state index contributed by atoms with van der Waals surface area (Å²) in [7, 11) is 0. The number of carbonyl (C=O) groups excluding carboxylic acids is 2. The van der Waals surface area contributed by atoms with Crippen LogP contribution in [0.4, 0.5) is 13.2 Å². The molecule has 0 saturated carbocycles. The number of amides is 2. The van der Waals surface area contributed by atoms with Crippen LogP contribution in [0.15, 0.2) is 18.3 Å². The molecule has 0 atom stereocenters. The molecule has 0 radical (unpaired) electrons. The van der Waals surface area contributed by atoms with Gasteiger partial charge >= 0.3 is 6.18 Å². The smallest absolute Gasteiger partial charge is 0.337 e. The molecule has 1 aliphatic heterocycles. The van der Waals surface area contributed by atoms with Crippen LogP contribution in [0.5, 0.6) is 0 Å². The summed E-state index contributed by atoms with van der Waals surface area (Å²) in [5, 5.41) is 0. The zero-order valence-electron chi connectivity index (χ0n) is 12.2. The van der Waals surface area contributed by atoms with Gasteiger partial charge in [-0.15, -0.1) is 0 Å². The topological polar surface area (TPSA) is 53.5 Å². The molecule has 0 unspecified atom stereocenters. The summed E-state index contributed by atoms with van der Waals surface area (Å²) in [5.41, 5.74) is -1.75. The average molecular weight is 315 g/mol. The van der Waals surface area contributed by atoms with E-state index in [0.29, 0.717) is 6.54 Å². The minimum absolute atomic E-state index is 0.00895. The second-order valence-electron chi connectivity index (χ2n) is 5.30. The minimum atomic E-state index is -4.66. The van der Waals surface area contributed by atoms with E-state index in [2.05, 4.69) is 4.98 Å². The van der Waals surface area contributed by atoms with Crippen LogP contribution in [0.1, 0.15) is 29.9 Å². The standard InChI is InChI=1S/C14H16F3N3O2/c1-9(2)20-7-6-19(8-11(20)21)13(22)12-10(14(15,16)17)4-3-5-18-12/h3-5,9H,6-8H2,1-2H3. The first-order valence-corrected chi connectivity index (χ1v) is 6.82. The third-order valence-electron chi connectivity index (χ3n) is 3.48. The van der Waals surface area contributed by atoms with E-state index >= 15 is 0 Å². The summed E-state index contributed by atoms with van der Waals surface area (Å²) in [5.74, 6) is -1.15. The fraction of sp³-hybridized carbons (Fsp3) is 0.500. The Kier molecular flexibility index (Phi) is 4.39. The summed E-state index contributed by atoms with van der Waals surface area (Å²) in [6.07, 6.45) is -3.53. The van der Waals surface area contributed by atoms with E-state index in [9.17, 15) is 22.8 Å². The Bertz CT molecular complexity index is 587. The monoisotopic (exact) mass is 315 g/mol. The molecule has 1 fully saturated rings. The van der Waals surface area contributed by atoms with Gasteiger partial charge in [-0.3, -0.25) is 14.6 Å². The number of halogens is 3. The number of hydrogen-bond donors (Lipinski definition) is 0. The van der Waals surface area contributed by atoms with Gasteiger partial charge in [-0.1, -0.05) is 0 Å². The summed E-state index contributed by atoms with van der Waals surface area (Å²) in [4.78, 5) is 30.5. The van der Waals surface area contributed by atoms with Crippen molar-refractivity contribution in [2.45, 2.75) is 26.1 Å². The van der Waals surface area contributed by atoms with Crippen LogP contribution in [-0.2, 0) is 11.0 Å². The average Bonchev–Trinajstić information content (AvgIpc) is 2.45. The van der Waals surface area contributed by atoms with Gasteiger partial charge in [-0.25, -0.2) is 0 Å². The number of alkyl halides is 3. The normalized spacial score (nSPS) is 16.4. The van der Waals surface area contributed by atoms with Gasteiger partial charge in [0.25, 0.3) is 5.91 Å². The van der Waals surface area contributed by atoms with Crippen molar-refractivity contribution in [2.24, 2.45) is 0 Å². The van der Waals surface area contributed by atoms with Gasteiger partial charge in [-0.2, -0.15) is 13.2 Å². The van der Waals surface area contributed by atoms with Crippen LogP contribution < -0.4 is 0 Å². The SMILES string of the molecule is CC(C)N1CCN(C(=O)c2ncccc2C(F)(F)F)CC1=O. The molecule has 22 heavy (non-hydrogen) atoms. The lowest BCUT2D eigenvalue weighted by Gasteiger charge is -2.36. The highest BCUT2D eigenvalue weighted by Crippen LogP contribution is 2.31.